The summed E-state index contributed by atoms with van der Waals surface area (Å²) in [5, 5.41) is 0. The molecule has 0 radical (unpaired) electrons. The predicted molar refractivity (Wildman–Crippen MR) is 111 cm³/mol. The number of rotatable bonds is 19. The number of allylic oxidation sites excluding steroid dienone is 1. The number of hydrogen-bond donors (Lipinski definition) is 0. The summed E-state index contributed by atoms with van der Waals surface area (Å²) in [6.45, 7) is 2.30. The van der Waals surface area contributed by atoms with Crippen molar-refractivity contribution in [1.82, 2.24) is 0 Å². The van der Waals surface area contributed by atoms with Gasteiger partial charge in [-0.25, -0.2) is 0 Å². The van der Waals surface area contributed by atoms with Crippen LogP contribution in [0.4, 0.5) is 0 Å². The first-order valence-corrected chi connectivity index (χ1v) is 11.6. The fourth-order valence-corrected chi connectivity index (χ4v) is 3.49. The molecule has 0 atom stereocenters. The smallest absolute Gasteiger partial charge is 0.0229 e. The van der Waals surface area contributed by atoms with Gasteiger partial charge in [-0.05, 0) is 17.8 Å². The third-order valence-corrected chi connectivity index (χ3v) is 5.19. The molecule has 1 heteroatoms. The van der Waals surface area contributed by atoms with Crippen LogP contribution in [0.2, 0.25) is 0 Å². The molecule has 0 N–H and O–H groups in total. The van der Waals surface area contributed by atoms with Gasteiger partial charge in [0.15, 0.2) is 0 Å². The van der Waals surface area contributed by atoms with Crippen molar-refractivity contribution in [2.45, 2.75) is 129 Å². The van der Waals surface area contributed by atoms with Gasteiger partial charge >= 0.3 is 0 Å². The van der Waals surface area contributed by atoms with Gasteiger partial charge in [0.25, 0.3) is 0 Å². The van der Waals surface area contributed by atoms with Crippen molar-refractivity contribution in [2.75, 3.05) is 0 Å². The molecule has 0 fully saturated rings. The van der Waals surface area contributed by atoms with Crippen LogP contribution in [0.25, 0.3) is 0 Å². The Morgan fingerprint density at radius 2 is 0.783 bits per heavy atom. The number of hydrogen-bond acceptors (Lipinski definition) is 0. The Morgan fingerprint density at radius 1 is 0.478 bits per heavy atom. The molecule has 0 aliphatic heterocycles. The van der Waals surface area contributed by atoms with Gasteiger partial charge < -0.3 is 0 Å². The molecular formula is C22H43Br. The van der Waals surface area contributed by atoms with Crippen molar-refractivity contribution in [3.8, 4) is 0 Å². The van der Waals surface area contributed by atoms with E-state index in [2.05, 4.69) is 28.9 Å². The van der Waals surface area contributed by atoms with E-state index >= 15 is 0 Å². The first kappa shape index (κ1) is 23.2. The Bertz CT molecular complexity index is 222. The summed E-state index contributed by atoms with van der Waals surface area (Å²) in [5.41, 5.74) is 0. The standard InChI is InChI=1S/C22H43Br/c1-2-3-4-5-6-7-8-9-10-11-12-13-14-15-16-17-18-19-20-21-22-23/h21-22H,2-20H2,1H3. The second kappa shape index (κ2) is 22.2. The highest BCUT2D eigenvalue weighted by Gasteiger charge is 1.94. The lowest BCUT2D eigenvalue weighted by Crippen LogP contribution is -1.84. The van der Waals surface area contributed by atoms with E-state index in [1.54, 1.807) is 0 Å². The highest BCUT2D eigenvalue weighted by Crippen LogP contribution is 2.14. The zero-order valence-electron chi connectivity index (χ0n) is 16.0. The van der Waals surface area contributed by atoms with E-state index in [4.69, 9.17) is 0 Å². The molecule has 0 aromatic heterocycles. The van der Waals surface area contributed by atoms with Gasteiger partial charge in [0, 0.05) is 0 Å². The maximum Gasteiger partial charge on any atom is -0.0229 e. The topological polar surface area (TPSA) is 0 Å². The van der Waals surface area contributed by atoms with Gasteiger partial charge in [0.05, 0.1) is 0 Å². The first-order chi connectivity index (χ1) is 11.4. The van der Waals surface area contributed by atoms with Gasteiger partial charge in [-0.2, -0.15) is 0 Å². The lowest BCUT2D eigenvalue weighted by Gasteiger charge is -2.03. The van der Waals surface area contributed by atoms with E-state index in [1.807, 2.05) is 4.99 Å². The van der Waals surface area contributed by atoms with Crippen LogP contribution in [0.3, 0.4) is 0 Å². The minimum atomic E-state index is 1.24. The van der Waals surface area contributed by atoms with E-state index < -0.39 is 0 Å². The van der Waals surface area contributed by atoms with Gasteiger partial charge in [-0.15, -0.1) is 0 Å². The Labute approximate surface area is 156 Å². The van der Waals surface area contributed by atoms with Crippen LogP contribution in [-0.4, -0.2) is 0 Å². The largest absolute Gasteiger partial charge is 0.0776 e. The van der Waals surface area contributed by atoms with E-state index in [0.717, 1.165) is 0 Å². The monoisotopic (exact) mass is 386 g/mol. The molecule has 0 unspecified atom stereocenters. The molecule has 0 aliphatic carbocycles. The average molecular weight is 387 g/mol. The van der Waals surface area contributed by atoms with Crippen LogP contribution < -0.4 is 0 Å². The van der Waals surface area contributed by atoms with Crippen molar-refractivity contribution < 1.29 is 0 Å². The second-order valence-electron chi connectivity index (χ2n) is 7.16. The molecule has 0 saturated heterocycles. The molecule has 0 aromatic carbocycles. The average Bonchev–Trinajstić information content (AvgIpc) is 2.57. The first-order valence-electron chi connectivity index (χ1n) is 10.7. The van der Waals surface area contributed by atoms with Crippen LogP contribution in [0, 0.1) is 0 Å². The molecule has 0 bridgehead atoms. The molecular weight excluding hydrogens is 344 g/mol. The SMILES string of the molecule is CCCCCCCCCCCCCCCCCCCCC=CBr. The molecule has 0 saturated carbocycles. The quantitative estimate of drug-likeness (QED) is 0.194. The molecule has 0 aliphatic rings. The predicted octanol–water partition coefficient (Wildman–Crippen LogP) is 9.33. The van der Waals surface area contributed by atoms with Crippen molar-refractivity contribution in [2.24, 2.45) is 0 Å². The van der Waals surface area contributed by atoms with Crippen molar-refractivity contribution in [3.05, 3.63) is 11.1 Å². The van der Waals surface area contributed by atoms with Crippen molar-refractivity contribution in [3.63, 3.8) is 0 Å². The summed E-state index contributed by atoms with van der Waals surface area (Å²) in [4.78, 5) is 1.99. The summed E-state index contributed by atoms with van der Waals surface area (Å²) in [6, 6.07) is 0. The summed E-state index contributed by atoms with van der Waals surface area (Å²) in [6.07, 6.45) is 29.6. The van der Waals surface area contributed by atoms with E-state index in [1.165, 1.54) is 122 Å². The van der Waals surface area contributed by atoms with E-state index in [-0.39, 0.29) is 0 Å². The minimum Gasteiger partial charge on any atom is -0.0776 e. The van der Waals surface area contributed by atoms with Gasteiger partial charge in [-0.1, -0.05) is 138 Å². The van der Waals surface area contributed by atoms with Crippen molar-refractivity contribution >= 4 is 15.9 Å². The summed E-state index contributed by atoms with van der Waals surface area (Å²) < 4.78 is 0. The van der Waals surface area contributed by atoms with Crippen LogP contribution >= 0.6 is 15.9 Å². The lowest BCUT2D eigenvalue weighted by atomic mass is 10.0. The lowest BCUT2D eigenvalue weighted by molar-refractivity contribution is 0.525. The Kier molecular flexibility index (Phi) is 22.4. The van der Waals surface area contributed by atoms with Crippen LogP contribution in [0.1, 0.15) is 129 Å². The zero-order chi connectivity index (χ0) is 16.8. The maximum absolute atomic E-state index is 3.32. The van der Waals surface area contributed by atoms with Gasteiger partial charge in [0.1, 0.15) is 0 Å². The van der Waals surface area contributed by atoms with Gasteiger partial charge in [0.2, 0.25) is 0 Å². The fourth-order valence-electron chi connectivity index (χ4n) is 3.23. The molecule has 23 heavy (non-hydrogen) atoms. The third kappa shape index (κ3) is 22.2. The van der Waals surface area contributed by atoms with Crippen LogP contribution in [-0.2, 0) is 0 Å². The summed E-state index contributed by atoms with van der Waals surface area (Å²) in [5.74, 6) is 0. The van der Waals surface area contributed by atoms with Crippen LogP contribution in [0.5, 0.6) is 0 Å². The molecule has 138 valence electrons. The van der Waals surface area contributed by atoms with Gasteiger partial charge in [-0.3, -0.25) is 0 Å². The molecule has 0 spiro atoms. The minimum absolute atomic E-state index is 1.24. The molecule has 0 nitrogen and oxygen atoms in total. The molecule has 0 amide bonds. The zero-order valence-corrected chi connectivity index (χ0v) is 17.6. The Morgan fingerprint density at radius 3 is 1.09 bits per heavy atom. The fraction of sp³-hybridized carbons (Fsp3) is 0.909. The Hall–Kier alpha value is 0.220. The number of unbranched alkanes of at least 4 members (excludes halogenated alkanes) is 18. The third-order valence-electron chi connectivity index (χ3n) is 4.81. The normalized spacial score (nSPS) is 11.6. The molecule has 0 aromatic rings. The second-order valence-corrected chi connectivity index (χ2v) is 7.69. The summed E-state index contributed by atoms with van der Waals surface area (Å²) in [7, 11) is 0. The highest BCUT2D eigenvalue weighted by atomic mass is 79.9. The maximum atomic E-state index is 3.32. The molecule has 0 heterocycles. The Balaban J connectivity index is 2.95. The number of halogens is 1. The van der Waals surface area contributed by atoms with E-state index in [0.29, 0.717) is 0 Å². The summed E-state index contributed by atoms with van der Waals surface area (Å²) >= 11 is 3.32. The van der Waals surface area contributed by atoms with Crippen molar-refractivity contribution in [1.29, 1.82) is 0 Å². The van der Waals surface area contributed by atoms with Crippen LogP contribution in [0.15, 0.2) is 11.1 Å². The highest BCUT2D eigenvalue weighted by molar-refractivity contribution is 9.11. The molecule has 0 rings (SSSR count). The van der Waals surface area contributed by atoms with E-state index in [9.17, 15) is 0 Å².